The minimum atomic E-state index is 0.601. The highest BCUT2D eigenvalue weighted by molar-refractivity contribution is 7.27. The number of hydrogen-bond acceptors (Lipinski definition) is 5. The van der Waals surface area contributed by atoms with Crippen LogP contribution in [0.15, 0.2) is 158 Å². The molecule has 1 aliphatic rings. The normalized spacial score (nSPS) is 13.1. The highest BCUT2D eigenvalue weighted by Gasteiger charge is 2.26. The van der Waals surface area contributed by atoms with Crippen LogP contribution >= 0.6 is 22.7 Å². The molecule has 0 amide bonds. The Morgan fingerprint density at radius 3 is 1.78 bits per heavy atom. The summed E-state index contributed by atoms with van der Waals surface area (Å²) in [4.78, 5) is 16.6. The average molecular weight is 802 g/mol. The summed E-state index contributed by atoms with van der Waals surface area (Å²) in [6.07, 6.45) is 6.49. The molecule has 280 valence electrons. The molecule has 8 aromatic carbocycles. The molecule has 13 aromatic rings. The van der Waals surface area contributed by atoms with Crippen LogP contribution in [0.4, 0.5) is 0 Å². The molecule has 5 heterocycles. The molecular weight excluding hydrogens is 771 g/mol. The van der Waals surface area contributed by atoms with Gasteiger partial charge in [-0.2, -0.15) is 15.0 Å². The lowest BCUT2D eigenvalue weighted by Gasteiger charge is -2.16. The van der Waals surface area contributed by atoms with Crippen LogP contribution in [-0.2, 0) is 6.42 Å². The Kier molecular flexibility index (Phi) is 6.64. The third-order valence-corrected chi connectivity index (χ3v) is 15.1. The molecule has 14 rings (SSSR count). The molecule has 7 heteroatoms. The third kappa shape index (κ3) is 4.42. The molecule has 0 N–H and O–H groups in total. The van der Waals surface area contributed by atoms with E-state index in [2.05, 4.69) is 173 Å². The molecule has 0 saturated heterocycles. The van der Waals surface area contributed by atoms with Crippen LogP contribution in [0.5, 0.6) is 0 Å². The Balaban J connectivity index is 1.13. The van der Waals surface area contributed by atoms with Crippen molar-refractivity contribution < 1.29 is 0 Å². The molecule has 0 spiro atoms. The minimum Gasteiger partial charge on any atom is -0.281 e. The van der Waals surface area contributed by atoms with Crippen LogP contribution < -0.4 is 0 Å². The fraction of sp³-hybridized carbons (Fsp3) is 0.0377. The maximum Gasteiger partial charge on any atom is 0.240 e. The number of allylic oxidation sites excluding steroid dienone is 1. The van der Waals surface area contributed by atoms with E-state index in [4.69, 9.17) is 15.0 Å². The molecular formula is C53H31N5S2. The standard InChI is InChI=1S/C53H31N5S2/c1-2-14-31-30(13-1)29-40(33-16-4-3-15-32(31)33)51-54-52(57-41-21-9-5-19-38(41)47-43(57)27-25-36-34-17-7-11-23-45(34)59-49(36)47)56-53(55-51)58-42-22-10-6-20-39(42)48-44(58)28-26-37-35-18-8-12-24-46(35)60-50(37)48/h1-9,11-21,23-29H,10,22H2. The van der Waals surface area contributed by atoms with Gasteiger partial charge < -0.3 is 0 Å². The topological polar surface area (TPSA) is 48.5 Å². The van der Waals surface area contributed by atoms with E-state index in [0.717, 1.165) is 45.7 Å². The van der Waals surface area contributed by atoms with Crippen molar-refractivity contribution in [2.75, 3.05) is 0 Å². The van der Waals surface area contributed by atoms with Gasteiger partial charge in [-0.05, 0) is 70.8 Å². The Morgan fingerprint density at radius 2 is 1.03 bits per heavy atom. The molecule has 1 aliphatic carbocycles. The van der Waals surface area contributed by atoms with E-state index in [1.165, 1.54) is 78.5 Å². The van der Waals surface area contributed by atoms with Gasteiger partial charge in [-0.25, -0.2) is 0 Å². The Morgan fingerprint density at radius 1 is 0.450 bits per heavy atom. The number of rotatable bonds is 3. The molecule has 0 unspecified atom stereocenters. The fourth-order valence-electron chi connectivity index (χ4n) is 10.1. The molecule has 0 atom stereocenters. The minimum absolute atomic E-state index is 0.601. The van der Waals surface area contributed by atoms with E-state index < -0.39 is 0 Å². The summed E-state index contributed by atoms with van der Waals surface area (Å²) in [7, 11) is 0. The summed E-state index contributed by atoms with van der Waals surface area (Å²) in [5.41, 5.74) is 6.75. The van der Waals surface area contributed by atoms with Crippen molar-refractivity contribution in [3.63, 3.8) is 0 Å². The Bertz CT molecular complexity index is 4030. The van der Waals surface area contributed by atoms with Crippen LogP contribution in [-0.4, -0.2) is 24.1 Å². The molecule has 5 aromatic heterocycles. The van der Waals surface area contributed by atoms with Crippen LogP contribution in [0.25, 0.3) is 124 Å². The SMILES string of the molecule is C1=Cc2c(n(-c3nc(-c4cc5ccccc5c5ccccc45)nc(-n4c5ccccc5c5c6sc7ccccc7c6ccc54)n3)c3ccc4c5ccccc5sc4c23)CC1. The number of para-hydroxylation sites is 1. The van der Waals surface area contributed by atoms with Gasteiger partial charge in [0, 0.05) is 73.3 Å². The van der Waals surface area contributed by atoms with E-state index in [1.807, 2.05) is 22.7 Å². The smallest absolute Gasteiger partial charge is 0.240 e. The predicted octanol–water partition coefficient (Wildman–Crippen LogP) is 14.6. The summed E-state index contributed by atoms with van der Waals surface area (Å²) in [5, 5.41) is 13.5. The lowest BCUT2D eigenvalue weighted by Crippen LogP contribution is -2.12. The molecule has 0 radical (unpaired) electrons. The molecule has 0 aliphatic heterocycles. The second kappa shape index (κ2) is 12.2. The van der Waals surface area contributed by atoms with Crippen molar-refractivity contribution in [1.29, 1.82) is 0 Å². The molecule has 0 saturated carbocycles. The van der Waals surface area contributed by atoms with Crippen LogP contribution in [0.2, 0.25) is 0 Å². The van der Waals surface area contributed by atoms with Crippen LogP contribution in [0.3, 0.4) is 0 Å². The first kappa shape index (κ1) is 32.7. The summed E-state index contributed by atoms with van der Waals surface area (Å²) in [6, 6.07) is 54.9. The zero-order valence-electron chi connectivity index (χ0n) is 32.1. The number of benzene rings is 8. The van der Waals surface area contributed by atoms with Gasteiger partial charge in [0.05, 0.1) is 16.6 Å². The average Bonchev–Trinajstić information content (AvgIpc) is 4.06. The lowest BCUT2D eigenvalue weighted by atomic mass is 9.97. The lowest BCUT2D eigenvalue weighted by molar-refractivity contribution is 0.822. The van der Waals surface area contributed by atoms with Crippen molar-refractivity contribution >= 4 is 123 Å². The van der Waals surface area contributed by atoms with Crippen molar-refractivity contribution in [1.82, 2.24) is 24.1 Å². The highest BCUT2D eigenvalue weighted by atomic mass is 32.1. The number of nitrogens with zero attached hydrogens (tertiary/aromatic N) is 5. The van der Waals surface area contributed by atoms with Crippen molar-refractivity contribution in [2.45, 2.75) is 12.8 Å². The molecule has 60 heavy (non-hydrogen) atoms. The second-order valence-electron chi connectivity index (χ2n) is 15.8. The zero-order chi connectivity index (χ0) is 39.1. The maximum absolute atomic E-state index is 5.58. The molecule has 5 nitrogen and oxygen atoms in total. The van der Waals surface area contributed by atoms with Gasteiger partial charge in [0.2, 0.25) is 11.9 Å². The third-order valence-electron chi connectivity index (χ3n) is 12.6. The first-order valence-electron chi connectivity index (χ1n) is 20.4. The summed E-state index contributed by atoms with van der Waals surface area (Å²) in [6.45, 7) is 0. The fourth-order valence-corrected chi connectivity index (χ4v) is 12.6. The van der Waals surface area contributed by atoms with Gasteiger partial charge in [-0.3, -0.25) is 9.13 Å². The quantitative estimate of drug-likeness (QED) is 0.167. The number of fused-ring (bicyclic) bond motifs is 17. The maximum atomic E-state index is 5.58. The van der Waals surface area contributed by atoms with Crippen molar-refractivity contribution in [2.24, 2.45) is 0 Å². The first-order valence-corrected chi connectivity index (χ1v) is 22.1. The van der Waals surface area contributed by atoms with Gasteiger partial charge in [0.15, 0.2) is 5.82 Å². The van der Waals surface area contributed by atoms with Gasteiger partial charge in [0.25, 0.3) is 0 Å². The van der Waals surface area contributed by atoms with E-state index in [0.29, 0.717) is 17.7 Å². The van der Waals surface area contributed by atoms with E-state index in [-0.39, 0.29) is 0 Å². The van der Waals surface area contributed by atoms with Crippen LogP contribution in [0.1, 0.15) is 17.7 Å². The largest absolute Gasteiger partial charge is 0.281 e. The monoisotopic (exact) mass is 801 g/mol. The van der Waals surface area contributed by atoms with Crippen LogP contribution in [0, 0.1) is 0 Å². The van der Waals surface area contributed by atoms with Gasteiger partial charge in [-0.15, -0.1) is 22.7 Å². The van der Waals surface area contributed by atoms with Crippen molar-refractivity contribution in [3.8, 4) is 23.3 Å². The highest BCUT2D eigenvalue weighted by Crippen LogP contribution is 2.46. The molecule has 0 bridgehead atoms. The number of aromatic nitrogens is 5. The Hall–Kier alpha value is -7.19. The van der Waals surface area contributed by atoms with E-state index >= 15 is 0 Å². The summed E-state index contributed by atoms with van der Waals surface area (Å²) >= 11 is 3.74. The van der Waals surface area contributed by atoms with Gasteiger partial charge in [0.1, 0.15) is 0 Å². The number of hydrogen-bond donors (Lipinski definition) is 0. The molecule has 0 fully saturated rings. The van der Waals surface area contributed by atoms with Gasteiger partial charge >= 0.3 is 0 Å². The zero-order valence-corrected chi connectivity index (χ0v) is 33.7. The van der Waals surface area contributed by atoms with E-state index in [1.54, 1.807) is 0 Å². The van der Waals surface area contributed by atoms with E-state index in [9.17, 15) is 0 Å². The van der Waals surface area contributed by atoms with Gasteiger partial charge in [-0.1, -0.05) is 127 Å². The number of thiophene rings is 2. The first-order chi connectivity index (χ1) is 29.8. The predicted molar refractivity (Wildman–Crippen MR) is 255 cm³/mol. The Labute approximate surface area is 350 Å². The summed E-state index contributed by atoms with van der Waals surface area (Å²) < 4.78 is 9.79. The summed E-state index contributed by atoms with van der Waals surface area (Å²) in [5.74, 6) is 1.88. The second-order valence-corrected chi connectivity index (χ2v) is 17.9. The van der Waals surface area contributed by atoms with Crippen molar-refractivity contribution in [3.05, 3.63) is 169 Å².